The summed E-state index contributed by atoms with van der Waals surface area (Å²) in [6, 6.07) is 18.4. The maximum absolute atomic E-state index is 12.6. The van der Waals surface area contributed by atoms with E-state index in [2.05, 4.69) is 5.32 Å². The molecule has 8 heteroatoms. The molecular formula is C26H24N2O6. The van der Waals surface area contributed by atoms with Crippen molar-refractivity contribution in [3.05, 3.63) is 94.5 Å². The predicted molar refractivity (Wildman–Crippen MR) is 124 cm³/mol. The van der Waals surface area contributed by atoms with Crippen LogP contribution in [0.15, 0.2) is 66.7 Å². The Bertz CT molecular complexity index is 1200. The van der Waals surface area contributed by atoms with Gasteiger partial charge in [0.1, 0.15) is 17.6 Å². The number of nitrogens with one attached hydrogen (secondary N) is 1. The minimum Gasteiger partial charge on any atom is -0.497 e. The zero-order chi connectivity index (χ0) is 24.2. The Balaban J connectivity index is 1.38. The highest BCUT2D eigenvalue weighted by molar-refractivity contribution is 6.21. The minimum absolute atomic E-state index is 0.0286. The number of rotatable bonds is 8. The van der Waals surface area contributed by atoms with Gasteiger partial charge in [0.2, 0.25) is 0 Å². The molecule has 0 spiro atoms. The fraction of sp³-hybridized carbons (Fsp3) is 0.192. The Hall–Kier alpha value is -4.17. The molecule has 0 bridgehead atoms. The SMILES string of the molecule is COc1ccc(OC)c(C(O)CNC(=O)c2ccc(CN3C(=O)c4ccccc4C3=O)cc2)c1. The molecule has 1 unspecified atom stereocenters. The maximum Gasteiger partial charge on any atom is 0.261 e. The summed E-state index contributed by atoms with van der Waals surface area (Å²) in [7, 11) is 3.03. The molecule has 0 fully saturated rings. The van der Waals surface area contributed by atoms with Crippen LogP contribution < -0.4 is 14.8 Å². The van der Waals surface area contributed by atoms with E-state index in [1.807, 2.05) is 0 Å². The highest BCUT2D eigenvalue weighted by Crippen LogP contribution is 2.29. The predicted octanol–water partition coefficient (Wildman–Crippen LogP) is 2.96. The Kier molecular flexibility index (Phi) is 6.60. The Morgan fingerprint density at radius 3 is 2.18 bits per heavy atom. The number of carbonyl (C=O) groups excluding carboxylic acids is 3. The van der Waals surface area contributed by atoms with E-state index in [1.54, 1.807) is 66.7 Å². The minimum atomic E-state index is -0.998. The van der Waals surface area contributed by atoms with E-state index in [4.69, 9.17) is 9.47 Å². The Morgan fingerprint density at radius 1 is 0.941 bits per heavy atom. The van der Waals surface area contributed by atoms with Crippen molar-refractivity contribution in [1.82, 2.24) is 10.2 Å². The molecule has 0 aromatic heterocycles. The number of aliphatic hydroxyl groups is 1. The molecule has 0 saturated carbocycles. The lowest BCUT2D eigenvalue weighted by Gasteiger charge is -2.17. The van der Waals surface area contributed by atoms with Crippen molar-refractivity contribution in [2.45, 2.75) is 12.6 Å². The molecule has 174 valence electrons. The number of fused-ring (bicyclic) bond motifs is 1. The first-order valence-electron chi connectivity index (χ1n) is 10.6. The molecule has 1 aliphatic rings. The van der Waals surface area contributed by atoms with Crippen molar-refractivity contribution >= 4 is 17.7 Å². The smallest absolute Gasteiger partial charge is 0.261 e. The quantitative estimate of drug-likeness (QED) is 0.501. The van der Waals surface area contributed by atoms with Crippen LogP contribution in [0.4, 0.5) is 0 Å². The fourth-order valence-corrected chi connectivity index (χ4v) is 3.83. The molecule has 0 radical (unpaired) electrons. The number of hydrogen-bond acceptors (Lipinski definition) is 6. The van der Waals surface area contributed by atoms with Gasteiger partial charge < -0.3 is 19.9 Å². The van der Waals surface area contributed by atoms with Crippen molar-refractivity contribution in [1.29, 1.82) is 0 Å². The molecule has 34 heavy (non-hydrogen) atoms. The van der Waals surface area contributed by atoms with Gasteiger partial charge >= 0.3 is 0 Å². The van der Waals surface area contributed by atoms with Gasteiger partial charge in [-0.1, -0.05) is 24.3 Å². The van der Waals surface area contributed by atoms with Gasteiger partial charge in [-0.05, 0) is 48.0 Å². The third kappa shape index (κ3) is 4.49. The number of methoxy groups -OCH3 is 2. The van der Waals surface area contributed by atoms with Gasteiger partial charge in [0.15, 0.2) is 0 Å². The third-order valence-electron chi connectivity index (χ3n) is 5.69. The van der Waals surface area contributed by atoms with Gasteiger partial charge in [0, 0.05) is 17.7 Å². The van der Waals surface area contributed by atoms with E-state index in [0.717, 1.165) is 0 Å². The van der Waals surface area contributed by atoms with Gasteiger partial charge in [-0.3, -0.25) is 19.3 Å². The molecule has 1 aliphatic heterocycles. The van der Waals surface area contributed by atoms with Gasteiger partial charge in [0.05, 0.1) is 31.9 Å². The van der Waals surface area contributed by atoms with Gasteiger partial charge in [-0.25, -0.2) is 0 Å². The van der Waals surface area contributed by atoms with Gasteiger partial charge in [0.25, 0.3) is 17.7 Å². The van der Waals surface area contributed by atoms with Crippen LogP contribution in [0.25, 0.3) is 0 Å². The van der Waals surface area contributed by atoms with Crippen LogP contribution in [0.2, 0.25) is 0 Å². The molecule has 1 atom stereocenters. The zero-order valence-corrected chi connectivity index (χ0v) is 18.8. The normalized spacial score (nSPS) is 13.4. The summed E-state index contributed by atoms with van der Waals surface area (Å²) in [5, 5.41) is 13.3. The van der Waals surface area contributed by atoms with Crippen molar-refractivity contribution < 1.29 is 29.0 Å². The van der Waals surface area contributed by atoms with E-state index in [1.165, 1.54) is 19.1 Å². The number of imide groups is 1. The number of benzene rings is 3. The van der Waals surface area contributed by atoms with Crippen molar-refractivity contribution in [2.75, 3.05) is 20.8 Å². The topological polar surface area (TPSA) is 105 Å². The first kappa shape index (κ1) is 23.0. The summed E-state index contributed by atoms with van der Waals surface area (Å²) in [6.45, 7) is 0.0851. The Labute approximate surface area is 196 Å². The summed E-state index contributed by atoms with van der Waals surface area (Å²) in [5.74, 6) is 0.0248. The van der Waals surface area contributed by atoms with Crippen LogP contribution in [0.3, 0.4) is 0 Å². The van der Waals surface area contributed by atoms with E-state index in [9.17, 15) is 19.5 Å². The summed E-state index contributed by atoms with van der Waals surface area (Å²) >= 11 is 0. The summed E-state index contributed by atoms with van der Waals surface area (Å²) < 4.78 is 10.5. The number of carbonyl (C=O) groups is 3. The molecule has 2 N–H and O–H groups in total. The van der Waals surface area contributed by atoms with Crippen LogP contribution in [-0.2, 0) is 6.54 Å². The standard InChI is InChI=1S/C26H24N2O6/c1-33-18-11-12-23(34-2)21(13-18)22(29)14-27-24(30)17-9-7-16(8-10-17)15-28-25(31)19-5-3-4-6-20(19)26(28)32/h3-13,22,29H,14-15H2,1-2H3,(H,27,30). The highest BCUT2D eigenvalue weighted by atomic mass is 16.5. The van der Waals surface area contributed by atoms with Crippen molar-refractivity contribution in [3.8, 4) is 11.5 Å². The third-order valence-corrected chi connectivity index (χ3v) is 5.69. The zero-order valence-electron chi connectivity index (χ0n) is 18.8. The molecule has 3 aromatic carbocycles. The number of ether oxygens (including phenoxy) is 2. The molecule has 4 rings (SSSR count). The van der Waals surface area contributed by atoms with Crippen LogP contribution >= 0.6 is 0 Å². The monoisotopic (exact) mass is 460 g/mol. The van der Waals surface area contributed by atoms with Crippen molar-refractivity contribution in [3.63, 3.8) is 0 Å². The summed E-state index contributed by atoms with van der Waals surface area (Å²) in [4.78, 5) is 38.8. The molecule has 3 aromatic rings. The molecule has 1 heterocycles. The molecule has 0 aliphatic carbocycles. The first-order chi connectivity index (χ1) is 16.4. The molecule has 0 saturated heterocycles. The van der Waals surface area contributed by atoms with Crippen molar-refractivity contribution in [2.24, 2.45) is 0 Å². The average Bonchev–Trinajstić information content (AvgIpc) is 3.12. The number of aliphatic hydroxyl groups excluding tert-OH is 1. The van der Waals surface area contributed by atoms with Crippen LogP contribution in [0.1, 0.15) is 48.3 Å². The summed E-state index contributed by atoms with van der Waals surface area (Å²) in [6.07, 6.45) is -0.998. The largest absolute Gasteiger partial charge is 0.497 e. The average molecular weight is 460 g/mol. The van der Waals surface area contributed by atoms with Gasteiger partial charge in [-0.15, -0.1) is 0 Å². The maximum atomic E-state index is 12.6. The van der Waals surface area contributed by atoms with Crippen LogP contribution in [0, 0.1) is 0 Å². The lowest BCUT2D eigenvalue weighted by molar-refractivity contribution is 0.0641. The summed E-state index contributed by atoms with van der Waals surface area (Å²) in [5.41, 5.74) is 2.39. The second kappa shape index (κ2) is 9.76. The molecule has 3 amide bonds. The Morgan fingerprint density at radius 2 is 1.59 bits per heavy atom. The number of hydrogen-bond donors (Lipinski definition) is 2. The first-order valence-corrected chi connectivity index (χ1v) is 10.6. The molecule has 8 nitrogen and oxygen atoms in total. The van der Waals surface area contributed by atoms with E-state index in [0.29, 0.717) is 39.3 Å². The van der Waals surface area contributed by atoms with Crippen LogP contribution in [-0.4, -0.2) is 48.5 Å². The lowest BCUT2D eigenvalue weighted by Crippen LogP contribution is -2.29. The highest BCUT2D eigenvalue weighted by Gasteiger charge is 2.34. The van der Waals surface area contributed by atoms with E-state index >= 15 is 0 Å². The van der Waals surface area contributed by atoms with Gasteiger partial charge in [-0.2, -0.15) is 0 Å². The second-order valence-electron chi connectivity index (χ2n) is 7.77. The number of nitrogens with zero attached hydrogens (tertiary/aromatic N) is 1. The lowest BCUT2D eigenvalue weighted by atomic mass is 10.1. The van der Waals surface area contributed by atoms with Crippen LogP contribution in [0.5, 0.6) is 11.5 Å². The van der Waals surface area contributed by atoms with E-state index < -0.39 is 6.10 Å². The fourth-order valence-electron chi connectivity index (χ4n) is 3.83. The van der Waals surface area contributed by atoms with E-state index in [-0.39, 0.29) is 30.8 Å². The molecular weight excluding hydrogens is 436 g/mol. The second-order valence-corrected chi connectivity index (χ2v) is 7.77. The number of amides is 3.